The molecule has 0 spiro atoms. The SMILES string of the molecule is Cc1ccc(Oc2nc(C(F)(F)F)ccc2CNC(=O)C(C)c2ccc(N(C)S(=O)[O-])c(F)c2)cc1. The molecule has 1 aromatic heterocycles. The number of ether oxygens (including phenoxy) is 1. The van der Waals surface area contributed by atoms with Crippen molar-refractivity contribution in [2.24, 2.45) is 0 Å². The molecule has 0 aliphatic rings. The van der Waals surface area contributed by atoms with Gasteiger partial charge in [-0.05, 0) is 55.8 Å². The Balaban J connectivity index is 1.78. The van der Waals surface area contributed by atoms with E-state index in [1.54, 1.807) is 24.3 Å². The first-order chi connectivity index (χ1) is 16.9. The number of hydrogen-bond acceptors (Lipinski definition) is 5. The van der Waals surface area contributed by atoms with E-state index in [2.05, 4.69) is 10.3 Å². The van der Waals surface area contributed by atoms with Crippen LogP contribution in [0.5, 0.6) is 11.6 Å². The van der Waals surface area contributed by atoms with Gasteiger partial charge in [0.15, 0.2) is 0 Å². The van der Waals surface area contributed by atoms with Gasteiger partial charge >= 0.3 is 6.18 Å². The molecule has 2 unspecified atom stereocenters. The zero-order valence-corrected chi connectivity index (χ0v) is 20.2. The molecule has 3 rings (SSSR count). The van der Waals surface area contributed by atoms with Crippen LogP contribution in [0.1, 0.15) is 35.2 Å². The maximum absolute atomic E-state index is 14.4. The van der Waals surface area contributed by atoms with Gasteiger partial charge in [-0.2, -0.15) is 13.2 Å². The molecule has 7 nitrogen and oxygen atoms in total. The number of aryl methyl sites for hydroxylation is 1. The quantitative estimate of drug-likeness (QED) is 0.331. The zero-order chi connectivity index (χ0) is 26.6. The maximum Gasteiger partial charge on any atom is 0.433 e. The molecule has 1 heterocycles. The number of halogens is 4. The Bertz CT molecular complexity index is 1270. The van der Waals surface area contributed by atoms with E-state index in [0.717, 1.165) is 23.8 Å². The van der Waals surface area contributed by atoms with Gasteiger partial charge < -0.3 is 18.9 Å². The van der Waals surface area contributed by atoms with Crippen LogP contribution in [0, 0.1) is 12.7 Å². The summed E-state index contributed by atoms with van der Waals surface area (Å²) >= 11 is -2.67. The molecule has 36 heavy (non-hydrogen) atoms. The summed E-state index contributed by atoms with van der Waals surface area (Å²) < 4.78 is 82.4. The highest BCUT2D eigenvalue weighted by atomic mass is 32.2. The Labute approximate surface area is 207 Å². The fourth-order valence-corrected chi connectivity index (χ4v) is 3.49. The number of aromatic nitrogens is 1. The van der Waals surface area contributed by atoms with Crippen LogP contribution in [0.4, 0.5) is 23.2 Å². The number of carbonyl (C=O) groups excluding carboxylic acids is 1. The molecule has 192 valence electrons. The normalized spacial score (nSPS) is 13.1. The molecule has 0 saturated carbocycles. The average Bonchev–Trinajstić information content (AvgIpc) is 2.82. The summed E-state index contributed by atoms with van der Waals surface area (Å²) in [7, 11) is 1.17. The minimum absolute atomic E-state index is 0.187. The van der Waals surface area contributed by atoms with E-state index in [1.807, 2.05) is 6.92 Å². The second-order valence-corrected chi connectivity index (χ2v) is 8.92. The number of anilines is 1. The third-order valence-corrected chi connectivity index (χ3v) is 5.99. The van der Waals surface area contributed by atoms with Gasteiger partial charge in [0, 0.05) is 30.4 Å². The number of benzene rings is 2. The molecule has 12 heteroatoms. The Morgan fingerprint density at radius 3 is 2.42 bits per heavy atom. The van der Waals surface area contributed by atoms with Gasteiger partial charge in [-0.1, -0.05) is 23.8 Å². The van der Waals surface area contributed by atoms with E-state index >= 15 is 0 Å². The van der Waals surface area contributed by atoms with Gasteiger partial charge in [0.05, 0.1) is 11.6 Å². The van der Waals surface area contributed by atoms with Crippen molar-refractivity contribution in [2.75, 3.05) is 11.4 Å². The van der Waals surface area contributed by atoms with Crippen LogP contribution in [0.15, 0.2) is 54.6 Å². The summed E-state index contributed by atoms with van der Waals surface area (Å²) in [6.45, 7) is 3.15. The number of amides is 1. The van der Waals surface area contributed by atoms with E-state index in [9.17, 15) is 31.1 Å². The van der Waals surface area contributed by atoms with Crippen molar-refractivity contribution in [3.63, 3.8) is 0 Å². The summed E-state index contributed by atoms with van der Waals surface area (Å²) in [5.41, 5.74) is 0.0740. The minimum atomic E-state index is -4.69. The van der Waals surface area contributed by atoms with Crippen molar-refractivity contribution >= 4 is 22.9 Å². The van der Waals surface area contributed by atoms with E-state index in [4.69, 9.17) is 4.74 Å². The number of carbonyl (C=O) groups is 1. The number of nitrogens with one attached hydrogen (secondary N) is 1. The molecule has 3 aromatic rings. The third-order valence-electron chi connectivity index (χ3n) is 5.35. The smallest absolute Gasteiger partial charge is 0.433 e. The Hall–Kier alpha value is -3.51. The molecule has 1 amide bonds. The van der Waals surface area contributed by atoms with Gasteiger partial charge in [-0.3, -0.25) is 9.00 Å². The third kappa shape index (κ3) is 6.58. The van der Waals surface area contributed by atoms with E-state index < -0.39 is 40.8 Å². The van der Waals surface area contributed by atoms with Crippen LogP contribution >= 0.6 is 0 Å². The van der Waals surface area contributed by atoms with E-state index in [0.29, 0.717) is 4.31 Å². The molecule has 1 N–H and O–H groups in total. The summed E-state index contributed by atoms with van der Waals surface area (Å²) in [5.74, 6) is -2.26. The van der Waals surface area contributed by atoms with Crippen LogP contribution in [0.3, 0.4) is 0 Å². The molecule has 0 fully saturated rings. The number of hydrogen-bond donors (Lipinski definition) is 1. The van der Waals surface area contributed by atoms with Gasteiger partial charge in [-0.25, -0.2) is 9.37 Å². The highest BCUT2D eigenvalue weighted by molar-refractivity contribution is 7.80. The second-order valence-electron chi connectivity index (χ2n) is 7.94. The van der Waals surface area contributed by atoms with Gasteiger partial charge in [0.1, 0.15) is 17.3 Å². The Morgan fingerprint density at radius 2 is 1.83 bits per heavy atom. The molecule has 2 aromatic carbocycles. The monoisotopic (exact) mass is 524 g/mol. The van der Waals surface area contributed by atoms with Crippen LogP contribution in [-0.2, 0) is 28.8 Å². The van der Waals surface area contributed by atoms with Crippen LogP contribution in [-0.4, -0.2) is 26.7 Å². The number of rotatable bonds is 8. The highest BCUT2D eigenvalue weighted by Crippen LogP contribution is 2.32. The lowest BCUT2D eigenvalue weighted by Crippen LogP contribution is -2.28. The van der Waals surface area contributed by atoms with Crippen LogP contribution in [0.25, 0.3) is 0 Å². The first-order valence-electron chi connectivity index (χ1n) is 10.6. The van der Waals surface area contributed by atoms with Gasteiger partial charge in [0.2, 0.25) is 11.8 Å². The molecule has 0 aliphatic heterocycles. The van der Waals surface area contributed by atoms with Crippen LogP contribution in [0.2, 0.25) is 0 Å². The fraction of sp³-hybridized carbons (Fsp3) is 0.250. The number of nitrogens with zero attached hydrogens (tertiary/aromatic N) is 2. The van der Waals surface area contributed by atoms with Crippen molar-refractivity contribution < 1.29 is 35.9 Å². The molecular weight excluding hydrogens is 502 g/mol. The van der Waals surface area contributed by atoms with Gasteiger partial charge in [0.25, 0.3) is 0 Å². The number of alkyl halides is 3. The van der Waals surface area contributed by atoms with E-state index in [1.165, 1.54) is 26.1 Å². The lowest BCUT2D eigenvalue weighted by Gasteiger charge is -2.22. The van der Waals surface area contributed by atoms with Crippen molar-refractivity contribution in [3.8, 4) is 11.6 Å². The highest BCUT2D eigenvalue weighted by Gasteiger charge is 2.33. The van der Waals surface area contributed by atoms with Gasteiger partial charge in [-0.15, -0.1) is 0 Å². The largest absolute Gasteiger partial charge is 0.755 e. The van der Waals surface area contributed by atoms with Crippen molar-refractivity contribution in [1.82, 2.24) is 10.3 Å². The molecule has 0 aliphatic carbocycles. The topological polar surface area (TPSA) is 94.6 Å². The molecule has 0 radical (unpaired) electrons. The summed E-state index contributed by atoms with van der Waals surface area (Å²) in [5, 5.41) is 2.59. The minimum Gasteiger partial charge on any atom is -0.755 e. The average molecular weight is 525 g/mol. The molecule has 0 saturated heterocycles. The van der Waals surface area contributed by atoms with E-state index in [-0.39, 0.29) is 35.0 Å². The summed E-state index contributed by atoms with van der Waals surface area (Å²) in [4.78, 5) is 16.3. The molecule has 0 bridgehead atoms. The molecular formula is C24H22F4N3O4S-. The molecule has 2 atom stereocenters. The summed E-state index contributed by atoms with van der Waals surface area (Å²) in [6.07, 6.45) is -4.69. The fourth-order valence-electron chi connectivity index (χ4n) is 3.18. The summed E-state index contributed by atoms with van der Waals surface area (Å²) in [6, 6.07) is 12.3. The lowest BCUT2D eigenvalue weighted by atomic mass is 9.99. The Kier molecular flexibility index (Phi) is 8.31. The van der Waals surface area contributed by atoms with Crippen molar-refractivity contribution in [2.45, 2.75) is 32.5 Å². The standard InChI is InChI=1S/C24H23F4N3O4S/c1-14-4-8-18(9-5-14)35-23-17(7-11-21(30-23)24(26,27)28)13-29-22(32)15(2)16-6-10-20(19(25)12-16)31(3)36(33)34/h4-12,15H,13H2,1-3H3,(H,29,32)(H,33,34)/p-1. The van der Waals surface area contributed by atoms with Crippen molar-refractivity contribution in [3.05, 3.63) is 82.8 Å². The van der Waals surface area contributed by atoms with Crippen LogP contribution < -0.4 is 14.4 Å². The Morgan fingerprint density at radius 1 is 1.17 bits per heavy atom. The first kappa shape index (κ1) is 27.1. The number of pyridine rings is 1. The first-order valence-corrected chi connectivity index (χ1v) is 11.6. The second kappa shape index (κ2) is 11.0. The maximum atomic E-state index is 14.4. The lowest BCUT2D eigenvalue weighted by molar-refractivity contribution is -0.141. The van der Waals surface area contributed by atoms with Crippen molar-refractivity contribution in [1.29, 1.82) is 0 Å². The predicted octanol–water partition coefficient (Wildman–Crippen LogP) is 4.99. The zero-order valence-electron chi connectivity index (χ0n) is 19.4. The predicted molar refractivity (Wildman–Crippen MR) is 124 cm³/mol.